The van der Waals surface area contributed by atoms with Gasteiger partial charge in [-0.1, -0.05) is 0 Å². The first-order chi connectivity index (χ1) is 9.10. The number of nitrogens with two attached hydrogens (primary N) is 1. The molecule has 0 bridgehead atoms. The summed E-state index contributed by atoms with van der Waals surface area (Å²) < 4.78 is 5.28. The van der Waals surface area contributed by atoms with Crippen LogP contribution < -0.4 is 15.8 Å². The highest BCUT2D eigenvalue weighted by Crippen LogP contribution is 2.32. The summed E-state index contributed by atoms with van der Waals surface area (Å²) in [4.78, 5) is 2.19. The summed E-state index contributed by atoms with van der Waals surface area (Å²) >= 11 is 0. The van der Waals surface area contributed by atoms with E-state index in [0.717, 1.165) is 35.5 Å². The Kier molecular flexibility index (Phi) is 3.76. The Bertz CT molecular complexity index is 536. The summed E-state index contributed by atoms with van der Waals surface area (Å²) in [7, 11) is 5.55. The lowest BCUT2D eigenvalue weighted by Crippen LogP contribution is -2.24. The van der Waals surface area contributed by atoms with Crippen LogP contribution in [0.15, 0.2) is 17.8 Å². The van der Waals surface area contributed by atoms with E-state index < -0.39 is 0 Å². The largest absolute Gasteiger partial charge is 0.495 e. The fourth-order valence-corrected chi connectivity index (χ4v) is 2.44. The molecule has 0 unspecified atom stereocenters. The summed E-state index contributed by atoms with van der Waals surface area (Å²) in [6.45, 7) is 1.58. The Labute approximate surface area is 113 Å². The summed E-state index contributed by atoms with van der Waals surface area (Å²) in [6.07, 6.45) is 1.38. The lowest BCUT2D eigenvalue weighted by Gasteiger charge is -2.16. The van der Waals surface area contributed by atoms with Crippen molar-refractivity contribution in [2.24, 2.45) is 0 Å². The number of hydrogen-bond acceptors (Lipinski definition) is 5. The third kappa shape index (κ3) is 2.42. The van der Waals surface area contributed by atoms with E-state index >= 15 is 0 Å². The second-order valence-corrected chi connectivity index (χ2v) is 4.71. The Morgan fingerprint density at radius 3 is 2.74 bits per heavy atom. The molecule has 5 heteroatoms. The Morgan fingerprint density at radius 2 is 2.16 bits per heavy atom. The second-order valence-electron chi connectivity index (χ2n) is 4.71. The predicted octanol–water partition coefficient (Wildman–Crippen LogP) is 1.30. The molecule has 0 aliphatic carbocycles. The summed E-state index contributed by atoms with van der Waals surface area (Å²) in [5.41, 5.74) is 10.6. The minimum absolute atomic E-state index is 0.598. The molecule has 5 nitrogen and oxygen atoms in total. The van der Waals surface area contributed by atoms with Crippen molar-refractivity contribution in [2.75, 3.05) is 33.5 Å². The number of nitrogens with one attached hydrogen (secondary N) is 2. The average molecular weight is 260 g/mol. The molecular weight excluding hydrogens is 240 g/mol. The molecule has 1 aliphatic rings. The van der Waals surface area contributed by atoms with Gasteiger partial charge in [0.15, 0.2) is 0 Å². The lowest BCUT2D eigenvalue weighted by molar-refractivity contribution is 0.351. The van der Waals surface area contributed by atoms with Gasteiger partial charge < -0.3 is 21.2 Å². The van der Waals surface area contributed by atoms with Crippen LogP contribution in [0.3, 0.4) is 0 Å². The Balaban J connectivity index is 2.66. The number of allylic oxidation sites excluding steroid dienone is 1. The number of anilines is 1. The van der Waals surface area contributed by atoms with Crippen molar-refractivity contribution in [1.82, 2.24) is 10.2 Å². The van der Waals surface area contributed by atoms with Crippen molar-refractivity contribution in [3.63, 3.8) is 0 Å². The maximum Gasteiger partial charge on any atom is 0.142 e. The van der Waals surface area contributed by atoms with Crippen LogP contribution in [-0.4, -0.2) is 38.9 Å². The topological polar surface area (TPSA) is 74.4 Å². The molecule has 0 saturated heterocycles. The molecule has 0 atom stereocenters. The molecular formula is C14H20N4O. The van der Waals surface area contributed by atoms with Gasteiger partial charge in [0.1, 0.15) is 5.75 Å². The highest BCUT2D eigenvalue weighted by molar-refractivity contribution is 6.10. The number of ether oxygens (including phenoxy) is 1. The van der Waals surface area contributed by atoms with Gasteiger partial charge in [-0.15, -0.1) is 0 Å². The number of nitrogen functional groups attached to an aromatic ring is 1. The fourth-order valence-electron chi connectivity index (χ4n) is 2.44. The molecule has 1 aromatic carbocycles. The van der Waals surface area contributed by atoms with Gasteiger partial charge in [-0.2, -0.15) is 0 Å². The lowest BCUT2D eigenvalue weighted by atomic mass is 9.98. The van der Waals surface area contributed by atoms with E-state index in [9.17, 15) is 0 Å². The summed E-state index contributed by atoms with van der Waals surface area (Å²) in [5, 5.41) is 10.9. The third-order valence-corrected chi connectivity index (χ3v) is 3.39. The number of hydrogen-bond donors (Lipinski definition) is 3. The highest BCUT2D eigenvalue weighted by Gasteiger charge is 2.20. The predicted molar refractivity (Wildman–Crippen MR) is 78.5 cm³/mol. The average Bonchev–Trinajstić information content (AvgIpc) is 2.53. The third-order valence-electron chi connectivity index (χ3n) is 3.39. The molecule has 1 aliphatic heterocycles. The zero-order valence-corrected chi connectivity index (χ0v) is 11.6. The van der Waals surface area contributed by atoms with Crippen LogP contribution in [0.2, 0.25) is 0 Å². The van der Waals surface area contributed by atoms with E-state index in [4.69, 9.17) is 15.9 Å². The van der Waals surface area contributed by atoms with Crippen molar-refractivity contribution < 1.29 is 4.74 Å². The highest BCUT2D eigenvalue weighted by atomic mass is 16.5. The number of rotatable bonds is 3. The molecule has 0 radical (unpaired) electrons. The standard InChI is InChI=1S/C14H20N4O/c1-17-13-8-18(2)7-9-4-14(19-3)12(16)5-10(9)11(13)6-15/h4-6,15,17H,7-8,16H2,1-3H3. The summed E-state index contributed by atoms with van der Waals surface area (Å²) in [6, 6.07) is 3.86. The van der Waals surface area contributed by atoms with E-state index in [2.05, 4.69) is 17.3 Å². The molecule has 0 saturated carbocycles. The number of nitrogens with zero attached hydrogens (tertiary/aromatic N) is 1. The zero-order chi connectivity index (χ0) is 14.0. The second kappa shape index (κ2) is 5.32. The van der Waals surface area contributed by atoms with Gasteiger partial charge in [0.25, 0.3) is 0 Å². The van der Waals surface area contributed by atoms with E-state index in [1.807, 2.05) is 19.2 Å². The molecule has 0 fully saturated rings. The number of likely N-dealkylation sites (N-methyl/N-ethyl adjacent to an activating group) is 2. The molecule has 2 rings (SSSR count). The quantitative estimate of drug-likeness (QED) is 0.566. The minimum atomic E-state index is 0.598. The Morgan fingerprint density at radius 1 is 1.42 bits per heavy atom. The van der Waals surface area contributed by atoms with Crippen molar-refractivity contribution in [3.05, 3.63) is 29.0 Å². The first kappa shape index (κ1) is 13.4. The molecule has 4 N–H and O–H groups in total. The minimum Gasteiger partial charge on any atom is -0.495 e. The van der Waals surface area contributed by atoms with Crippen LogP contribution in [0.25, 0.3) is 5.57 Å². The van der Waals surface area contributed by atoms with Crippen molar-refractivity contribution >= 4 is 17.5 Å². The van der Waals surface area contributed by atoms with Crippen LogP contribution in [0.1, 0.15) is 11.1 Å². The molecule has 102 valence electrons. The fraction of sp³-hybridized carbons (Fsp3) is 0.357. The van der Waals surface area contributed by atoms with Crippen molar-refractivity contribution in [2.45, 2.75) is 6.54 Å². The molecule has 0 aromatic heterocycles. The van der Waals surface area contributed by atoms with Crippen LogP contribution >= 0.6 is 0 Å². The van der Waals surface area contributed by atoms with Crippen molar-refractivity contribution in [1.29, 1.82) is 5.41 Å². The molecule has 1 heterocycles. The smallest absolute Gasteiger partial charge is 0.142 e. The van der Waals surface area contributed by atoms with Crippen LogP contribution in [0, 0.1) is 5.41 Å². The number of fused-ring (bicyclic) bond motifs is 1. The first-order valence-electron chi connectivity index (χ1n) is 6.17. The first-order valence-corrected chi connectivity index (χ1v) is 6.17. The Hall–Kier alpha value is -2.01. The maximum absolute atomic E-state index is 7.68. The van der Waals surface area contributed by atoms with Gasteiger partial charge in [0.05, 0.1) is 12.8 Å². The number of methoxy groups -OCH3 is 1. The monoisotopic (exact) mass is 260 g/mol. The summed E-state index contributed by atoms with van der Waals surface area (Å²) in [5.74, 6) is 0.685. The maximum atomic E-state index is 7.68. The molecule has 0 amide bonds. The van der Waals surface area contributed by atoms with Gasteiger partial charge >= 0.3 is 0 Å². The van der Waals surface area contributed by atoms with Gasteiger partial charge in [-0.3, -0.25) is 4.90 Å². The van der Waals surface area contributed by atoms with Gasteiger partial charge in [-0.25, -0.2) is 0 Å². The van der Waals surface area contributed by atoms with Crippen LogP contribution in [0.4, 0.5) is 5.69 Å². The van der Waals surface area contributed by atoms with E-state index in [0.29, 0.717) is 11.4 Å². The molecule has 1 aromatic rings. The van der Waals surface area contributed by atoms with E-state index in [1.165, 1.54) is 6.21 Å². The van der Waals surface area contributed by atoms with Gasteiger partial charge in [0, 0.05) is 37.6 Å². The number of benzene rings is 1. The van der Waals surface area contributed by atoms with Crippen molar-refractivity contribution in [3.8, 4) is 5.75 Å². The molecule has 19 heavy (non-hydrogen) atoms. The van der Waals surface area contributed by atoms with Crippen LogP contribution in [-0.2, 0) is 6.54 Å². The van der Waals surface area contributed by atoms with Gasteiger partial charge in [0.2, 0.25) is 0 Å². The zero-order valence-electron chi connectivity index (χ0n) is 11.6. The molecule has 0 spiro atoms. The van der Waals surface area contributed by atoms with Gasteiger partial charge in [-0.05, 0) is 30.3 Å². The van der Waals surface area contributed by atoms with E-state index in [-0.39, 0.29) is 0 Å². The normalized spacial score (nSPS) is 15.7. The SMILES string of the molecule is CNC1=C(C=N)c2cc(N)c(OC)cc2CN(C)C1. The van der Waals surface area contributed by atoms with E-state index in [1.54, 1.807) is 7.11 Å². The van der Waals surface area contributed by atoms with Crippen LogP contribution in [0.5, 0.6) is 5.75 Å².